The highest BCUT2D eigenvalue weighted by atomic mass is 16.6. The van der Waals surface area contributed by atoms with E-state index < -0.39 is 0 Å². The van der Waals surface area contributed by atoms with E-state index in [9.17, 15) is 4.79 Å². The average molecular weight is 179 g/mol. The number of hydrogen-bond acceptors (Lipinski definition) is 2. The van der Waals surface area contributed by atoms with Crippen LogP contribution >= 0.6 is 0 Å². The predicted octanol–water partition coefficient (Wildman–Crippen LogP) is 2.06. The van der Waals surface area contributed by atoms with Gasteiger partial charge in [0.1, 0.15) is 6.10 Å². The number of amides is 1. The molecule has 3 nitrogen and oxygen atoms in total. The third-order valence-corrected chi connectivity index (χ3v) is 2.74. The zero-order chi connectivity index (χ0) is 9.59. The molecule has 0 aromatic rings. The lowest BCUT2D eigenvalue weighted by Gasteiger charge is -2.26. The molecule has 3 heteroatoms. The van der Waals surface area contributed by atoms with Crippen LogP contribution in [0, 0.1) is 0 Å². The molecule has 0 bridgehead atoms. The van der Waals surface area contributed by atoms with Gasteiger partial charge in [-0.1, -0.05) is 6.58 Å². The summed E-state index contributed by atoms with van der Waals surface area (Å²) in [6, 6.07) is 0.156. The van der Waals surface area contributed by atoms with Gasteiger partial charge >= 0.3 is 6.09 Å². The SMILES string of the molecule is C=C1C[C@@H]2[C@@H](C)OC(=O)N2C=C1C. The molecule has 1 amide bonds. The molecule has 2 atom stereocenters. The summed E-state index contributed by atoms with van der Waals surface area (Å²) in [4.78, 5) is 13.0. The van der Waals surface area contributed by atoms with E-state index in [0.29, 0.717) is 0 Å². The third kappa shape index (κ3) is 1.15. The van der Waals surface area contributed by atoms with Gasteiger partial charge in [-0.15, -0.1) is 0 Å². The monoisotopic (exact) mass is 179 g/mol. The molecule has 2 rings (SSSR count). The molecule has 2 aliphatic rings. The first-order valence-electron chi connectivity index (χ1n) is 4.45. The first-order valence-corrected chi connectivity index (χ1v) is 4.45. The zero-order valence-electron chi connectivity index (χ0n) is 7.91. The summed E-state index contributed by atoms with van der Waals surface area (Å²) in [5.74, 6) is 0. The van der Waals surface area contributed by atoms with Crippen LogP contribution in [0.4, 0.5) is 4.79 Å². The standard InChI is InChI=1S/C10H13NO2/c1-6-4-9-8(3)13-10(12)11(9)5-7(6)2/h5,8-9H,1,4H2,2-3H3/t8-,9-/m1/s1. The Morgan fingerprint density at radius 3 is 3.08 bits per heavy atom. The summed E-state index contributed by atoms with van der Waals surface area (Å²) in [6.45, 7) is 7.84. The highest BCUT2D eigenvalue weighted by molar-refractivity contribution is 5.73. The van der Waals surface area contributed by atoms with Crippen molar-refractivity contribution in [1.82, 2.24) is 4.90 Å². The number of cyclic esters (lactones) is 1. The Bertz CT molecular complexity index is 306. The van der Waals surface area contributed by atoms with Crippen molar-refractivity contribution >= 4 is 6.09 Å². The van der Waals surface area contributed by atoms with Gasteiger partial charge in [0.25, 0.3) is 0 Å². The molecule has 0 spiro atoms. The van der Waals surface area contributed by atoms with E-state index in [-0.39, 0.29) is 18.2 Å². The van der Waals surface area contributed by atoms with Crippen molar-refractivity contribution in [2.75, 3.05) is 0 Å². The summed E-state index contributed by atoms with van der Waals surface area (Å²) in [6.07, 6.45) is 2.41. The molecule has 2 heterocycles. The fourth-order valence-corrected chi connectivity index (χ4v) is 1.79. The van der Waals surface area contributed by atoms with Gasteiger partial charge in [0.2, 0.25) is 0 Å². The number of ether oxygens (including phenoxy) is 1. The molecule has 1 saturated heterocycles. The zero-order valence-corrected chi connectivity index (χ0v) is 7.91. The van der Waals surface area contributed by atoms with Crippen LogP contribution < -0.4 is 0 Å². The van der Waals surface area contributed by atoms with E-state index in [4.69, 9.17) is 4.74 Å². The van der Waals surface area contributed by atoms with Gasteiger partial charge in [-0.3, -0.25) is 4.90 Å². The van der Waals surface area contributed by atoms with Crippen LogP contribution in [0.5, 0.6) is 0 Å². The number of hydrogen-bond donors (Lipinski definition) is 0. The first-order chi connectivity index (χ1) is 6.09. The van der Waals surface area contributed by atoms with Gasteiger partial charge in [-0.25, -0.2) is 4.79 Å². The minimum Gasteiger partial charge on any atom is -0.444 e. The molecule has 0 N–H and O–H groups in total. The summed E-state index contributed by atoms with van der Waals surface area (Å²) in [5, 5.41) is 0. The number of fused-ring (bicyclic) bond motifs is 1. The van der Waals surface area contributed by atoms with Crippen LogP contribution in [0.1, 0.15) is 20.3 Å². The Morgan fingerprint density at radius 2 is 2.38 bits per heavy atom. The van der Waals surface area contributed by atoms with Gasteiger partial charge in [-0.05, 0) is 31.4 Å². The van der Waals surface area contributed by atoms with E-state index in [2.05, 4.69) is 6.58 Å². The Morgan fingerprint density at radius 1 is 1.69 bits per heavy atom. The van der Waals surface area contributed by atoms with Crippen LogP contribution in [0.25, 0.3) is 0 Å². The second-order valence-corrected chi connectivity index (χ2v) is 3.68. The van der Waals surface area contributed by atoms with Crippen LogP contribution in [-0.4, -0.2) is 23.1 Å². The highest BCUT2D eigenvalue weighted by Crippen LogP contribution is 2.32. The Balaban J connectivity index is 2.34. The molecule has 0 unspecified atom stereocenters. The van der Waals surface area contributed by atoms with Crippen molar-refractivity contribution in [1.29, 1.82) is 0 Å². The van der Waals surface area contributed by atoms with Gasteiger partial charge in [0.05, 0.1) is 6.04 Å². The predicted molar refractivity (Wildman–Crippen MR) is 49.1 cm³/mol. The second kappa shape index (κ2) is 2.62. The van der Waals surface area contributed by atoms with Gasteiger partial charge < -0.3 is 4.74 Å². The maximum Gasteiger partial charge on any atom is 0.414 e. The first kappa shape index (κ1) is 8.35. The number of nitrogens with zero attached hydrogens (tertiary/aromatic N) is 1. The molecular weight excluding hydrogens is 166 g/mol. The van der Waals surface area contributed by atoms with Crippen molar-refractivity contribution in [2.45, 2.75) is 32.4 Å². The molecule has 0 radical (unpaired) electrons. The average Bonchev–Trinajstić information content (AvgIpc) is 2.31. The van der Waals surface area contributed by atoms with Gasteiger partial charge in [0.15, 0.2) is 0 Å². The Kier molecular flexibility index (Phi) is 1.68. The van der Waals surface area contributed by atoms with Crippen molar-refractivity contribution < 1.29 is 9.53 Å². The molecule has 13 heavy (non-hydrogen) atoms. The normalized spacial score (nSPS) is 32.8. The van der Waals surface area contributed by atoms with Crippen molar-refractivity contribution in [3.8, 4) is 0 Å². The molecule has 0 aromatic heterocycles. The van der Waals surface area contributed by atoms with Gasteiger partial charge in [0, 0.05) is 6.20 Å². The van der Waals surface area contributed by atoms with Crippen LogP contribution in [-0.2, 0) is 4.74 Å². The second-order valence-electron chi connectivity index (χ2n) is 3.68. The minimum atomic E-state index is -0.232. The largest absolute Gasteiger partial charge is 0.444 e. The summed E-state index contributed by atoms with van der Waals surface area (Å²) < 4.78 is 5.11. The Labute approximate surface area is 77.7 Å². The maximum absolute atomic E-state index is 11.3. The Hall–Kier alpha value is -1.25. The third-order valence-electron chi connectivity index (χ3n) is 2.74. The van der Waals surface area contributed by atoms with E-state index in [1.807, 2.05) is 20.0 Å². The fraction of sp³-hybridized carbons (Fsp3) is 0.500. The summed E-state index contributed by atoms with van der Waals surface area (Å²) >= 11 is 0. The molecular formula is C10H13NO2. The lowest BCUT2D eigenvalue weighted by atomic mass is 9.95. The smallest absolute Gasteiger partial charge is 0.414 e. The van der Waals surface area contributed by atoms with Crippen molar-refractivity contribution in [2.24, 2.45) is 0 Å². The quantitative estimate of drug-likeness (QED) is 0.569. The molecule has 0 saturated carbocycles. The summed E-state index contributed by atoms with van der Waals surface area (Å²) in [7, 11) is 0. The lowest BCUT2D eigenvalue weighted by Crippen LogP contribution is -2.35. The van der Waals surface area contributed by atoms with Crippen LogP contribution in [0.3, 0.4) is 0 Å². The summed E-state index contributed by atoms with van der Waals surface area (Å²) in [5.41, 5.74) is 2.17. The minimum absolute atomic E-state index is 0.0198. The number of carbonyl (C=O) groups excluding carboxylic acids is 1. The van der Waals surface area contributed by atoms with Crippen LogP contribution in [0.2, 0.25) is 0 Å². The van der Waals surface area contributed by atoms with Crippen molar-refractivity contribution in [3.05, 3.63) is 23.9 Å². The van der Waals surface area contributed by atoms with E-state index in [1.54, 1.807) is 4.90 Å². The number of allylic oxidation sites excluding steroid dienone is 1. The maximum atomic E-state index is 11.3. The van der Waals surface area contributed by atoms with E-state index in [0.717, 1.165) is 17.6 Å². The number of rotatable bonds is 0. The van der Waals surface area contributed by atoms with Gasteiger partial charge in [-0.2, -0.15) is 0 Å². The number of carbonyl (C=O) groups is 1. The molecule has 1 fully saturated rings. The molecule has 0 aliphatic carbocycles. The molecule has 70 valence electrons. The van der Waals surface area contributed by atoms with Crippen molar-refractivity contribution in [3.63, 3.8) is 0 Å². The highest BCUT2D eigenvalue weighted by Gasteiger charge is 2.40. The molecule has 0 aromatic carbocycles. The van der Waals surface area contributed by atoms with Crippen LogP contribution in [0.15, 0.2) is 23.9 Å². The van der Waals surface area contributed by atoms with E-state index in [1.165, 1.54) is 0 Å². The van der Waals surface area contributed by atoms with E-state index >= 15 is 0 Å². The topological polar surface area (TPSA) is 29.5 Å². The fourth-order valence-electron chi connectivity index (χ4n) is 1.79. The molecule has 2 aliphatic heterocycles. The lowest BCUT2D eigenvalue weighted by molar-refractivity contribution is 0.139.